The first kappa shape index (κ1) is 16.4. The van der Waals surface area contributed by atoms with Crippen molar-refractivity contribution < 1.29 is 4.79 Å². The number of carbonyl (C=O) groups is 1. The van der Waals surface area contributed by atoms with Crippen molar-refractivity contribution in [3.8, 4) is 0 Å². The van der Waals surface area contributed by atoms with Gasteiger partial charge in [-0.25, -0.2) is 0 Å². The van der Waals surface area contributed by atoms with Gasteiger partial charge in [-0.15, -0.1) is 0 Å². The Morgan fingerprint density at radius 3 is 2.58 bits per heavy atom. The van der Waals surface area contributed by atoms with Crippen LogP contribution in [0.1, 0.15) is 52.9 Å². The summed E-state index contributed by atoms with van der Waals surface area (Å²) >= 11 is 0. The van der Waals surface area contributed by atoms with E-state index in [0.29, 0.717) is 0 Å². The Balaban J connectivity index is 2.05. The fourth-order valence-electron chi connectivity index (χ4n) is 2.59. The largest absolute Gasteiger partial charge is 0.352 e. The monoisotopic (exact) mass is 269 g/mol. The van der Waals surface area contributed by atoms with Crippen LogP contribution in [-0.2, 0) is 4.79 Å². The summed E-state index contributed by atoms with van der Waals surface area (Å²) in [7, 11) is 0. The van der Waals surface area contributed by atoms with E-state index in [4.69, 9.17) is 0 Å². The van der Waals surface area contributed by atoms with Crippen LogP contribution in [0.2, 0.25) is 0 Å². The van der Waals surface area contributed by atoms with Gasteiger partial charge in [-0.2, -0.15) is 0 Å². The van der Waals surface area contributed by atoms with Crippen molar-refractivity contribution in [2.75, 3.05) is 26.2 Å². The van der Waals surface area contributed by atoms with E-state index in [1.165, 1.54) is 25.9 Å². The number of hydrogen-bond acceptors (Lipinski definition) is 3. The fourth-order valence-corrected chi connectivity index (χ4v) is 2.59. The SMILES string of the molecule is CCCC(C)NC(=O)C(C)NCCCN1CCCC1. The average molecular weight is 269 g/mol. The van der Waals surface area contributed by atoms with Crippen LogP contribution >= 0.6 is 0 Å². The second-order valence-electron chi connectivity index (χ2n) is 5.78. The maximum Gasteiger partial charge on any atom is 0.237 e. The van der Waals surface area contributed by atoms with Gasteiger partial charge in [0.05, 0.1) is 6.04 Å². The number of rotatable bonds is 9. The molecule has 0 aliphatic carbocycles. The summed E-state index contributed by atoms with van der Waals surface area (Å²) in [6.07, 6.45) is 5.98. The number of hydrogen-bond donors (Lipinski definition) is 2. The molecule has 112 valence electrons. The molecule has 0 bridgehead atoms. The number of likely N-dealkylation sites (tertiary alicyclic amines) is 1. The molecular formula is C15H31N3O. The predicted molar refractivity (Wildman–Crippen MR) is 80.3 cm³/mol. The highest BCUT2D eigenvalue weighted by Gasteiger charge is 2.14. The summed E-state index contributed by atoms with van der Waals surface area (Å²) in [5.74, 6) is 0.127. The lowest BCUT2D eigenvalue weighted by Gasteiger charge is -2.19. The molecule has 0 aromatic rings. The fraction of sp³-hybridized carbons (Fsp3) is 0.933. The normalized spacial score (nSPS) is 19.3. The summed E-state index contributed by atoms with van der Waals surface area (Å²) in [5, 5.41) is 6.37. The van der Waals surface area contributed by atoms with Gasteiger partial charge in [-0.3, -0.25) is 4.79 Å². The van der Waals surface area contributed by atoms with E-state index in [-0.39, 0.29) is 18.0 Å². The van der Waals surface area contributed by atoms with Gasteiger partial charge in [0, 0.05) is 6.04 Å². The molecule has 0 saturated carbocycles. The predicted octanol–water partition coefficient (Wildman–Crippen LogP) is 1.76. The molecule has 1 fully saturated rings. The third-order valence-electron chi connectivity index (χ3n) is 3.80. The van der Waals surface area contributed by atoms with Crippen LogP contribution in [-0.4, -0.2) is 49.1 Å². The van der Waals surface area contributed by atoms with E-state index in [1.807, 2.05) is 6.92 Å². The van der Waals surface area contributed by atoms with Crippen LogP contribution < -0.4 is 10.6 Å². The second kappa shape index (κ2) is 9.32. The third kappa shape index (κ3) is 6.92. The molecule has 1 rings (SSSR count). The van der Waals surface area contributed by atoms with Crippen LogP contribution in [0, 0.1) is 0 Å². The molecule has 1 heterocycles. The summed E-state index contributed by atoms with van der Waals surface area (Å²) < 4.78 is 0. The first-order valence-corrected chi connectivity index (χ1v) is 7.89. The van der Waals surface area contributed by atoms with E-state index in [2.05, 4.69) is 29.4 Å². The Hall–Kier alpha value is -0.610. The van der Waals surface area contributed by atoms with Crippen molar-refractivity contribution >= 4 is 5.91 Å². The number of nitrogens with one attached hydrogen (secondary N) is 2. The van der Waals surface area contributed by atoms with E-state index in [1.54, 1.807) is 0 Å². The van der Waals surface area contributed by atoms with Gasteiger partial charge in [0.2, 0.25) is 5.91 Å². The van der Waals surface area contributed by atoms with E-state index in [0.717, 1.165) is 32.4 Å². The molecule has 0 aromatic carbocycles. The number of carbonyl (C=O) groups excluding carboxylic acids is 1. The zero-order valence-corrected chi connectivity index (χ0v) is 12.9. The molecule has 1 saturated heterocycles. The van der Waals surface area contributed by atoms with Crippen LogP contribution in [0.25, 0.3) is 0 Å². The van der Waals surface area contributed by atoms with Crippen LogP contribution in [0.4, 0.5) is 0 Å². The molecular weight excluding hydrogens is 238 g/mol. The number of amides is 1. The summed E-state index contributed by atoms with van der Waals surface area (Å²) in [6, 6.07) is 0.198. The number of nitrogens with zero attached hydrogens (tertiary/aromatic N) is 1. The van der Waals surface area contributed by atoms with Gasteiger partial charge in [0.25, 0.3) is 0 Å². The van der Waals surface area contributed by atoms with Crippen molar-refractivity contribution in [1.82, 2.24) is 15.5 Å². The van der Waals surface area contributed by atoms with E-state index in [9.17, 15) is 4.79 Å². The van der Waals surface area contributed by atoms with Gasteiger partial charge in [0.1, 0.15) is 0 Å². The molecule has 1 amide bonds. The molecule has 2 N–H and O–H groups in total. The van der Waals surface area contributed by atoms with Crippen LogP contribution in [0.15, 0.2) is 0 Å². The van der Waals surface area contributed by atoms with Crippen molar-refractivity contribution in [3.05, 3.63) is 0 Å². The van der Waals surface area contributed by atoms with E-state index >= 15 is 0 Å². The third-order valence-corrected chi connectivity index (χ3v) is 3.80. The van der Waals surface area contributed by atoms with Crippen molar-refractivity contribution in [2.45, 2.75) is 65.0 Å². The molecule has 2 unspecified atom stereocenters. The molecule has 0 spiro atoms. The highest BCUT2D eigenvalue weighted by Crippen LogP contribution is 2.06. The topological polar surface area (TPSA) is 44.4 Å². The van der Waals surface area contributed by atoms with Gasteiger partial charge < -0.3 is 15.5 Å². The summed E-state index contributed by atoms with van der Waals surface area (Å²) in [4.78, 5) is 14.4. The van der Waals surface area contributed by atoms with Gasteiger partial charge >= 0.3 is 0 Å². The Labute approximate surface area is 118 Å². The summed E-state index contributed by atoms with van der Waals surface area (Å²) in [5.41, 5.74) is 0. The Morgan fingerprint density at radius 2 is 1.95 bits per heavy atom. The lowest BCUT2D eigenvalue weighted by Crippen LogP contribution is -2.46. The minimum Gasteiger partial charge on any atom is -0.352 e. The van der Waals surface area contributed by atoms with Crippen molar-refractivity contribution in [1.29, 1.82) is 0 Å². The highest BCUT2D eigenvalue weighted by molar-refractivity contribution is 5.81. The highest BCUT2D eigenvalue weighted by atomic mass is 16.2. The molecule has 1 aliphatic heterocycles. The van der Waals surface area contributed by atoms with Crippen molar-refractivity contribution in [2.24, 2.45) is 0 Å². The smallest absolute Gasteiger partial charge is 0.237 e. The minimum atomic E-state index is -0.0853. The quantitative estimate of drug-likeness (QED) is 0.627. The van der Waals surface area contributed by atoms with Crippen LogP contribution in [0.5, 0.6) is 0 Å². The average Bonchev–Trinajstić information content (AvgIpc) is 2.87. The first-order chi connectivity index (χ1) is 9.13. The molecule has 0 radical (unpaired) electrons. The lowest BCUT2D eigenvalue weighted by atomic mass is 10.2. The van der Waals surface area contributed by atoms with Gasteiger partial charge in [0.15, 0.2) is 0 Å². The summed E-state index contributed by atoms with van der Waals surface area (Å²) in [6.45, 7) is 10.8. The van der Waals surface area contributed by atoms with Gasteiger partial charge in [-0.1, -0.05) is 13.3 Å². The van der Waals surface area contributed by atoms with E-state index < -0.39 is 0 Å². The molecule has 19 heavy (non-hydrogen) atoms. The van der Waals surface area contributed by atoms with Gasteiger partial charge in [-0.05, 0) is 65.7 Å². The first-order valence-electron chi connectivity index (χ1n) is 7.89. The maximum atomic E-state index is 11.9. The molecule has 4 heteroatoms. The second-order valence-corrected chi connectivity index (χ2v) is 5.78. The minimum absolute atomic E-state index is 0.0853. The van der Waals surface area contributed by atoms with Crippen LogP contribution in [0.3, 0.4) is 0 Å². The molecule has 1 aliphatic rings. The molecule has 4 nitrogen and oxygen atoms in total. The Bertz CT molecular complexity index is 252. The Kier molecular flexibility index (Phi) is 8.07. The maximum absolute atomic E-state index is 11.9. The molecule has 2 atom stereocenters. The zero-order valence-electron chi connectivity index (χ0n) is 12.9. The molecule has 0 aromatic heterocycles. The zero-order chi connectivity index (χ0) is 14.1. The lowest BCUT2D eigenvalue weighted by molar-refractivity contribution is -0.123. The standard InChI is InChI=1S/C15H31N3O/c1-4-8-13(2)17-15(19)14(3)16-9-7-12-18-10-5-6-11-18/h13-14,16H,4-12H2,1-3H3,(H,17,19). The Morgan fingerprint density at radius 1 is 1.26 bits per heavy atom. The van der Waals surface area contributed by atoms with Crippen molar-refractivity contribution in [3.63, 3.8) is 0 Å².